The van der Waals surface area contributed by atoms with Gasteiger partial charge in [0.1, 0.15) is 11.9 Å². The van der Waals surface area contributed by atoms with Crippen molar-refractivity contribution in [2.75, 3.05) is 13.1 Å². The van der Waals surface area contributed by atoms with E-state index in [4.69, 9.17) is 0 Å². The molecule has 1 aliphatic rings. The van der Waals surface area contributed by atoms with Crippen LogP contribution in [-0.2, 0) is 0 Å². The molecule has 1 aromatic carbocycles. The number of hydrogen-bond donors (Lipinski definition) is 0. The van der Waals surface area contributed by atoms with Crippen LogP contribution in [0.5, 0.6) is 0 Å². The average molecular weight is 311 g/mol. The Bertz CT molecular complexity index is 448. The largest absolute Gasteiger partial charge is 0.284 e. The molecule has 1 fully saturated rings. The number of nitriles is 1. The minimum atomic E-state index is -0.354. The third-order valence-corrected chi connectivity index (χ3v) is 4.10. The first-order valence-electron chi connectivity index (χ1n) is 6.31. The molecule has 1 unspecified atom stereocenters. The van der Waals surface area contributed by atoms with Crippen molar-refractivity contribution in [3.05, 3.63) is 34.1 Å². The molecule has 1 aromatic rings. The highest BCUT2D eigenvalue weighted by atomic mass is 79.9. The fourth-order valence-electron chi connectivity index (χ4n) is 2.43. The second-order valence-electron chi connectivity index (χ2n) is 4.65. The zero-order valence-electron chi connectivity index (χ0n) is 10.2. The third kappa shape index (κ3) is 3.09. The van der Waals surface area contributed by atoms with E-state index in [0.717, 1.165) is 36.0 Å². The van der Waals surface area contributed by atoms with Crippen molar-refractivity contribution in [2.24, 2.45) is 0 Å². The van der Waals surface area contributed by atoms with E-state index in [1.165, 1.54) is 25.0 Å². The van der Waals surface area contributed by atoms with E-state index < -0.39 is 0 Å². The van der Waals surface area contributed by atoms with Crippen molar-refractivity contribution in [1.82, 2.24) is 4.90 Å². The quantitative estimate of drug-likeness (QED) is 0.824. The first-order valence-corrected chi connectivity index (χ1v) is 7.10. The van der Waals surface area contributed by atoms with Gasteiger partial charge in [0.25, 0.3) is 0 Å². The van der Waals surface area contributed by atoms with Gasteiger partial charge in [0.2, 0.25) is 0 Å². The SMILES string of the molecule is N#CC(c1cc(F)ccc1Br)N1CCCCCC1. The van der Waals surface area contributed by atoms with Gasteiger partial charge in [0, 0.05) is 10.0 Å². The Morgan fingerprint density at radius 3 is 2.50 bits per heavy atom. The average Bonchev–Trinajstić information content (AvgIpc) is 2.64. The zero-order chi connectivity index (χ0) is 13.0. The van der Waals surface area contributed by atoms with Crippen molar-refractivity contribution < 1.29 is 4.39 Å². The van der Waals surface area contributed by atoms with Crippen LogP contribution < -0.4 is 0 Å². The second kappa shape index (κ2) is 6.31. The molecule has 2 rings (SSSR count). The lowest BCUT2D eigenvalue weighted by molar-refractivity contribution is 0.245. The van der Waals surface area contributed by atoms with E-state index in [0.29, 0.717) is 0 Å². The molecule has 1 atom stereocenters. The lowest BCUT2D eigenvalue weighted by Gasteiger charge is -2.26. The Kier molecular flexibility index (Phi) is 4.73. The predicted octanol–water partition coefficient (Wildman–Crippen LogP) is 4.03. The van der Waals surface area contributed by atoms with Crippen LogP contribution in [0.15, 0.2) is 22.7 Å². The van der Waals surface area contributed by atoms with Crippen molar-refractivity contribution in [3.63, 3.8) is 0 Å². The van der Waals surface area contributed by atoms with Crippen LogP contribution >= 0.6 is 15.9 Å². The van der Waals surface area contributed by atoms with E-state index in [1.807, 2.05) is 0 Å². The number of hydrogen-bond acceptors (Lipinski definition) is 2. The smallest absolute Gasteiger partial charge is 0.125 e. The maximum atomic E-state index is 13.3. The molecular weight excluding hydrogens is 295 g/mol. The Morgan fingerprint density at radius 1 is 1.22 bits per heavy atom. The zero-order valence-corrected chi connectivity index (χ0v) is 11.8. The van der Waals surface area contributed by atoms with Gasteiger partial charge in [0.15, 0.2) is 0 Å². The summed E-state index contributed by atoms with van der Waals surface area (Å²) in [5.41, 5.74) is 0.736. The predicted molar refractivity (Wildman–Crippen MR) is 72.5 cm³/mol. The highest BCUT2D eigenvalue weighted by Gasteiger charge is 2.23. The van der Waals surface area contributed by atoms with Crippen LogP contribution in [0, 0.1) is 17.1 Å². The third-order valence-electron chi connectivity index (χ3n) is 3.38. The molecule has 1 heterocycles. The summed E-state index contributed by atoms with van der Waals surface area (Å²) in [4.78, 5) is 2.16. The summed E-state index contributed by atoms with van der Waals surface area (Å²) in [6, 6.07) is 6.50. The first kappa shape index (κ1) is 13.5. The van der Waals surface area contributed by atoms with Gasteiger partial charge in [0.05, 0.1) is 6.07 Å². The molecule has 0 bridgehead atoms. The van der Waals surface area contributed by atoms with Gasteiger partial charge >= 0.3 is 0 Å². The molecule has 0 spiro atoms. The lowest BCUT2D eigenvalue weighted by atomic mass is 10.1. The number of halogens is 2. The number of nitrogens with zero attached hydrogens (tertiary/aromatic N) is 2. The topological polar surface area (TPSA) is 27.0 Å². The normalized spacial score (nSPS) is 18.9. The fraction of sp³-hybridized carbons (Fsp3) is 0.500. The molecule has 0 aliphatic carbocycles. The summed E-state index contributed by atoms with van der Waals surface area (Å²) >= 11 is 3.41. The first-order chi connectivity index (χ1) is 8.72. The van der Waals surface area contributed by atoms with Gasteiger partial charge in [-0.05, 0) is 44.1 Å². The second-order valence-corrected chi connectivity index (χ2v) is 5.50. The molecule has 1 saturated heterocycles. The van der Waals surface area contributed by atoms with Crippen molar-refractivity contribution in [1.29, 1.82) is 5.26 Å². The number of rotatable bonds is 2. The van der Waals surface area contributed by atoms with Gasteiger partial charge in [-0.2, -0.15) is 5.26 Å². The monoisotopic (exact) mass is 310 g/mol. The van der Waals surface area contributed by atoms with Crippen LogP contribution in [0.1, 0.15) is 37.3 Å². The van der Waals surface area contributed by atoms with E-state index in [9.17, 15) is 9.65 Å². The molecule has 4 heteroatoms. The highest BCUT2D eigenvalue weighted by molar-refractivity contribution is 9.10. The molecule has 0 saturated carbocycles. The van der Waals surface area contributed by atoms with E-state index >= 15 is 0 Å². The van der Waals surface area contributed by atoms with E-state index in [2.05, 4.69) is 26.9 Å². The number of benzene rings is 1. The summed E-state index contributed by atoms with van der Waals surface area (Å²) in [7, 11) is 0. The Labute approximate surface area is 116 Å². The summed E-state index contributed by atoms with van der Waals surface area (Å²) in [6.07, 6.45) is 4.67. The van der Waals surface area contributed by atoms with E-state index in [-0.39, 0.29) is 11.9 Å². The maximum Gasteiger partial charge on any atom is 0.125 e. The van der Waals surface area contributed by atoms with Crippen molar-refractivity contribution in [3.8, 4) is 6.07 Å². The molecule has 96 valence electrons. The molecule has 0 radical (unpaired) electrons. The minimum absolute atomic E-state index is 0.289. The minimum Gasteiger partial charge on any atom is -0.284 e. The van der Waals surface area contributed by atoms with E-state index in [1.54, 1.807) is 6.07 Å². The summed E-state index contributed by atoms with van der Waals surface area (Å²) in [6.45, 7) is 1.84. The Hall–Kier alpha value is -0.920. The van der Waals surface area contributed by atoms with Crippen LogP contribution in [0.25, 0.3) is 0 Å². The molecular formula is C14H16BrFN2. The van der Waals surface area contributed by atoms with Crippen LogP contribution in [-0.4, -0.2) is 18.0 Å². The van der Waals surface area contributed by atoms with Crippen LogP contribution in [0.4, 0.5) is 4.39 Å². The summed E-state index contributed by atoms with van der Waals surface area (Å²) in [5, 5.41) is 9.40. The van der Waals surface area contributed by atoms with Gasteiger partial charge < -0.3 is 0 Å². The molecule has 18 heavy (non-hydrogen) atoms. The Morgan fingerprint density at radius 2 is 1.89 bits per heavy atom. The standard InChI is InChI=1S/C14H16BrFN2/c15-13-6-5-11(16)9-12(13)14(10-17)18-7-3-1-2-4-8-18/h5-6,9,14H,1-4,7-8H2. The summed E-state index contributed by atoms with van der Waals surface area (Å²) < 4.78 is 14.1. The van der Waals surface area contributed by atoms with Crippen LogP contribution in [0.3, 0.4) is 0 Å². The maximum absolute atomic E-state index is 13.3. The fourth-order valence-corrected chi connectivity index (χ4v) is 2.89. The Balaban J connectivity index is 2.26. The summed E-state index contributed by atoms with van der Waals surface area (Å²) in [5.74, 6) is -0.289. The molecule has 0 N–H and O–H groups in total. The lowest BCUT2D eigenvalue weighted by Crippen LogP contribution is -2.29. The van der Waals surface area contributed by atoms with Gasteiger partial charge in [-0.3, -0.25) is 4.90 Å². The van der Waals surface area contributed by atoms with Gasteiger partial charge in [-0.15, -0.1) is 0 Å². The molecule has 0 aromatic heterocycles. The molecule has 0 amide bonds. The molecule has 2 nitrogen and oxygen atoms in total. The van der Waals surface area contributed by atoms with Crippen molar-refractivity contribution >= 4 is 15.9 Å². The van der Waals surface area contributed by atoms with Gasteiger partial charge in [-0.1, -0.05) is 28.8 Å². The highest BCUT2D eigenvalue weighted by Crippen LogP contribution is 2.29. The number of likely N-dealkylation sites (tertiary alicyclic amines) is 1. The van der Waals surface area contributed by atoms with Gasteiger partial charge in [-0.25, -0.2) is 4.39 Å². The van der Waals surface area contributed by atoms with Crippen molar-refractivity contribution in [2.45, 2.75) is 31.7 Å². The van der Waals surface area contributed by atoms with Crippen LogP contribution in [0.2, 0.25) is 0 Å². The molecule has 1 aliphatic heterocycles.